The highest BCUT2D eigenvalue weighted by Crippen LogP contribution is 2.31. The number of amides is 2. The summed E-state index contributed by atoms with van der Waals surface area (Å²) in [5.41, 5.74) is 2.58. The van der Waals surface area contributed by atoms with Crippen molar-refractivity contribution in [3.8, 4) is 5.69 Å². The first-order valence-corrected chi connectivity index (χ1v) is 9.17. The topological polar surface area (TPSA) is 58.4 Å². The van der Waals surface area contributed by atoms with Crippen molar-refractivity contribution in [1.82, 2.24) is 19.6 Å². The summed E-state index contributed by atoms with van der Waals surface area (Å²) in [5, 5.41) is 4.48. The summed E-state index contributed by atoms with van der Waals surface area (Å²) >= 11 is 0. The predicted octanol–water partition coefficient (Wildman–Crippen LogP) is 2.57. The summed E-state index contributed by atoms with van der Waals surface area (Å²) in [6.45, 7) is 8.65. The lowest BCUT2D eigenvalue weighted by Crippen LogP contribution is -2.43. The minimum atomic E-state index is -0.294. The Labute approximate surface area is 164 Å². The van der Waals surface area contributed by atoms with Crippen molar-refractivity contribution in [2.75, 3.05) is 20.1 Å². The van der Waals surface area contributed by atoms with Crippen molar-refractivity contribution < 1.29 is 14.0 Å². The van der Waals surface area contributed by atoms with E-state index in [-0.39, 0.29) is 29.6 Å². The summed E-state index contributed by atoms with van der Waals surface area (Å²) in [6.07, 6.45) is 3.69. The number of hydrogen-bond acceptors (Lipinski definition) is 3. The van der Waals surface area contributed by atoms with Crippen LogP contribution < -0.4 is 0 Å². The first-order valence-electron chi connectivity index (χ1n) is 9.17. The maximum Gasteiger partial charge on any atom is 0.246 e. The number of halogens is 1. The molecule has 0 atom stereocenters. The summed E-state index contributed by atoms with van der Waals surface area (Å²) < 4.78 is 15.1. The van der Waals surface area contributed by atoms with E-state index in [4.69, 9.17) is 0 Å². The lowest BCUT2D eigenvalue weighted by atomic mass is 9.87. The SMILES string of the molecule is C=CC(=O)N(C)CC(=O)N1Cc2cnn(-c3ccc(F)cc3)c2CC(C)(C)C1. The van der Waals surface area contributed by atoms with Crippen LogP contribution in [0.3, 0.4) is 0 Å². The Kier molecular flexibility index (Phi) is 5.36. The number of fused-ring (bicyclic) bond motifs is 1. The van der Waals surface area contributed by atoms with Gasteiger partial charge in [-0.25, -0.2) is 9.07 Å². The number of benzene rings is 1. The van der Waals surface area contributed by atoms with E-state index in [1.54, 1.807) is 30.3 Å². The van der Waals surface area contributed by atoms with Gasteiger partial charge in [-0.05, 0) is 42.2 Å². The van der Waals surface area contributed by atoms with Gasteiger partial charge >= 0.3 is 0 Å². The van der Waals surface area contributed by atoms with Gasteiger partial charge < -0.3 is 9.80 Å². The number of rotatable bonds is 4. The molecular formula is C21H25FN4O2. The van der Waals surface area contributed by atoms with E-state index in [0.717, 1.165) is 23.4 Å². The summed E-state index contributed by atoms with van der Waals surface area (Å²) in [6, 6.07) is 6.21. The third-order valence-corrected chi connectivity index (χ3v) is 4.93. The van der Waals surface area contributed by atoms with Gasteiger partial charge in [0.25, 0.3) is 0 Å². The Balaban J connectivity index is 1.88. The molecule has 0 fully saturated rings. The molecule has 0 saturated carbocycles. The molecule has 148 valence electrons. The van der Waals surface area contributed by atoms with Crippen molar-refractivity contribution in [2.24, 2.45) is 5.41 Å². The summed E-state index contributed by atoms with van der Waals surface area (Å²) in [4.78, 5) is 27.7. The van der Waals surface area contributed by atoms with Crippen LogP contribution in [0.2, 0.25) is 0 Å². The molecule has 1 aromatic heterocycles. The fourth-order valence-corrected chi connectivity index (χ4v) is 3.53. The standard InChI is InChI=1S/C21H25FN4O2/c1-5-19(27)24(4)13-20(28)25-12-15-11-23-26(17-8-6-16(22)7-9-17)18(15)10-21(2,3)14-25/h5-9,11H,1,10,12-14H2,2-4H3. The third kappa shape index (κ3) is 4.13. The maximum atomic E-state index is 13.3. The maximum absolute atomic E-state index is 13.3. The monoisotopic (exact) mass is 384 g/mol. The molecule has 0 spiro atoms. The predicted molar refractivity (Wildman–Crippen MR) is 104 cm³/mol. The number of carbonyl (C=O) groups is 2. The van der Waals surface area contributed by atoms with Crippen LogP contribution in [0.5, 0.6) is 0 Å². The van der Waals surface area contributed by atoms with E-state index in [1.807, 2.05) is 4.68 Å². The molecule has 0 unspecified atom stereocenters. The zero-order valence-corrected chi connectivity index (χ0v) is 16.5. The van der Waals surface area contributed by atoms with E-state index in [9.17, 15) is 14.0 Å². The molecule has 7 heteroatoms. The van der Waals surface area contributed by atoms with E-state index in [1.165, 1.54) is 23.1 Å². The van der Waals surface area contributed by atoms with Crippen molar-refractivity contribution in [1.29, 1.82) is 0 Å². The molecular weight excluding hydrogens is 359 g/mol. The van der Waals surface area contributed by atoms with Gasteiger partial charge in [-0.1, -0.05) is 20.4 Å². The van der Waals surface area contributed by atoms with Crippen LogP contribution in [0.4, 0.5) is 4.39 Å². The van der Waals surface area contributed by atoms with E-state index in [0.29, 0.717) is 13.1 Å². The Morgan fingerprint density at radius 3 is 2.64 bits per heavy atom. The van der Waals surface area contributed by atoms with Crippen LogP contribution >= 0.6 is 0 Å². The molecule has 6 nitrogen and oxygen atoms in total. The smallest absolute Gasteiger partial charge is 0.246 e. The fraction of sp³-hybridized carbons (Fsp3) is 0.381. The molecule has 2 aromatic rings. The molecule has 0 bridgehead atoms. The Morgan fingerprint density at radius 1 is 1.32 bits per heavy atom. The molecule has 1 aromatic carbocycles. The summed E-state index contributed by atoms with van der Waals surface area (Å²) in [7, 11) is 1.59. The van der Waals surface area contributed by atoms with Gasteiger partial charge in [0, 0.05) is 31.4 Å². The van der Waals surface area contributed by atoms with Crippen molar-refractivity contribution in [2.45, 2.75) is 26.8 Å². The van der Waals surface area contributed by atoms with E-state index in [2.05, 4.69) is 25.5 Å². The van der Waals surface area contributed by atoms with Crippen LogP contribution in [0.25, 0.3) is 5.69 Å². The third-order valence-electron chi connectivity index (χ3n) is 4.93. The van der Waals surface area contributed by atoms with Gasteiger partial charge in [0.2, 0.25) is 11.8 Å². The second-order valence-electron chi connectivity index (χ2n) is 7.99. The molecule has 2 amide bonds. The molecule has 1 aliphatic heterocycles. The lowest BCUT2D eigenvalue weighted by Gasteiger charge is -2.31. The molecule has 28 heavy (non-hydrogen) atoms. The second kappa shape index (κ2) is 7.58. The molecule has 0 radical (unpaired) electrons. The number of carbonyl (C=O) groups excluding carboxylic acids is 2. The zero-order valence-electron chi connectivity index (χ0n) is 16.5. The fourth-order valence-electron chi connectivity index (χ4n) is 3.53. The highest BCUT2D eigenvalue weighted by molar-refractivity contribution is 5.90. The van der Waals surface area contributed by atoms with Gasteiger partial charge in [-0.2, -0.15) is 5.10 Å². The normalized spacial score (nSPS) is 15.5. The van der Waals surface area contributed by atoms with Gasteiger partial charge in [-0.15, -0.1) is 0 Å². The Bertz CT molecular complexity index is 902. The Hall–Kier alpha value is -2.96. The first-order chi connectivity index (χ1) is 13.2. The highest BCUT2D eigenvalue weighted by atomic mass is 19.1. The van der Waals surface area contributed by atoms with Crippen molar-refractivity contribution in [3.63, 3.8) is 0 Å². The van der Waals surface area contributed by atoms with Crippen molar-refractivity contribution >= 4 is 11.8 Å². The average Bonchev–Trinajstić information content (AvgIpc) is 2.95. The number of likely N-dealkylation sites (N-methyl/N-ethyl adjacent to an activating group) is 1. The average molecular weight is 384 g/mol. The minimum Gasteiger partial charge on any atom is -0.336 e. The van der Waals surface area contributed by atoms with Crippen LogP contribution in [0, 0.1) is 11.2 Å². The molecule has 3 rings (SSSR count). The van der Waals surface area contributed by atoms with E-state index >= 15 is 0 Å². The van der Waals surface area contributed by atoms with Crippen LogP contribution in [0.1, 0.15) is 25.1 Å². The minimum absolute atomic E-state index is 0.00235. The first kappa shape index (κ1) is 19.8. The summed E-state index contributed by atoms with van der Waals surface area (Å²) in [5.74, 6) is -0.697. The number of hydrogen-bond donors (Lipinski definition) is 0. The Morgan fingerprint density at radius 2 is 2.00 bits per heavy atom. The van der Waals surface area contributed by atoms with Crippen LogP contribution in [-0.2, 0) is 22.6 Å². The lowest BCUT2D eigenvalue weighted by molar-refractivity contribution is -0.138. The molecule has 0 aliphatic carbocycles. The number of nitrogens with zero attached hydrogens (tertiary/aromatic N) is 4. The van der Waals surface area contributed by atoms with Crippen molar-refractivity contribution in [3.05, 3.63) is 60.2 Å². The zero-order chi connectivity index (χ0) is 20.5. The van der Waals surface area contributed by atoms with Gasteiger partial charge in [0.15, 0.2) is 0 Å². The second-order valence-corrected chi connectivity index (χ2v) is 7.99. The molecule has 0 saturated heterocycles. The van der Waals surface area contributed by atoms with Crippen LogP contribution in [0.15, 0.2) is 43.1 Å². The van der Waals surface area contributed by atoms with Crippen LogP contribution in [-0.4, -0.2) is 51.5 Å². The van der Waals surface area contributed by atoms with Gasteiger partial charge in [0.05, 0.1) is 18.4 Å². The van der Waals surface area contributed by atoms with Gasteiger partial charge in [-0.3, -0.25) is 9.59 Å². The van der Waals surface area contributed by atoms with Gasteiger partial charge in [0.1, 0.15) is 5.82 Å². The van der Waals surface area contributed by atoms with E-state index < -0.39 is 0 Å². The quantitative estimate of drug-likeness (QED) is 0.762. The number of aromatic nitrogens is 2. The highest BCUT2D eigenvalue weighted by Gasteiger charge is 2.33. The molecule has 1 aliphatic rings. The molecule has 2 heterocycles. The molecule has 0 N–H and O–H groups in total. The largest absolute Gasteiger partial charge is 0.336 e.